The highest BCUT2D eigenvalue weighted by Crippen LogP contribution is 2.25. The van der Waals surface area contributed by atoms with Gasteiger partial charge in [-0.3, -0.25) is 0 Å². The summed E-state index contributed by atoms with van der Waals surface area (Å²) in [5, 5.41) is 8.87. The van der Waals surface area contributed by atoms with Gasteiger partial charge in [-0.1, -0.05) is 6.92 Å². The van der Waals surface area contributed by atoms with Crippen molar-refractivity contribution in [2.75, 3.05) is 11.4 Å². The molecule has 0 saturated carbocycles. The highest BCUT2D eigenvalue weighted by molar-refractivity contribution is 9.10. The zero-order valence-corrected chi connectivity index (χ0v) is 14.5. The number of nitrogens with zero attached hydrogens (tertiary/aromatic N) is 3. The van der Waals surface area contributed by atoms with Crippen LogP contribution in [0.3, 0.4) is 0 Å². The SMILES string of the molecule is CCCN(c1ccc(OC(C)C(=O)O)cc1)c1ncc(Br)cn1. The van der Waals surface area contributed by atoms with Gasteiger partial charge in [-0.05, 0) is 53.5 Å². The van der Waals surface area contributed by atoms with Crippen molar-refractivity contribution in [1.29, 1.82) is 0 Å². The van der Waals surface area contributed by atoms with Crippen LogP contribution in [0.2, 0.25) is 0 Å². The number of carboxylic acid groups (broad SMARTS) is 1. The number of aliphatic carboxylic acids is 1. The van der Waals surface area contributed by atoms with E-state index in [-0.39, 0.29) is 0 Å². The maximum absolute atomic E-state index is 10.8. The zero-order chi connectivity index (χ0) is 16.8. The number of benzene rings is 1. The molecule has 0 amide bonds. The van der Waals surface area contributed by atoms with Crippen molar-refractivity contribution in [2.24, 2.45) is 0 Å². The second-order valence-electron chi connectivity index (χ2n) is 4.95. The van der Waals surface area contributed by atoms with Gasteiger partial charge in [-0.15, -0.1) is 0 Å². The lowest BCUT2D eigenvalue weighted by Crippen LogP contribution is -2.23. The average molecular weight is 380 g/mol. The predicted molar refractivity (Wildman–Crippen MR) is 91.2 cm³/mol. The molecule has 1 unspecified atom stereocenters. The maximum atomic E-state index is 10.8. The molecule has 0 bridgehead atoms. The first-order valence-electron chi connectivity index (χ1n) is 7.26. The molecule has 6 nitrogen and oxygen atoms in total. The number of ether oxygens (including phenoxy) is 1. The molecule has 0 aliphatic rings. The van der Waals surface area contributed by atoms with Gasteiger partial charge in [0.2, 0.25) is 5.95 Å². The first-order valence-corrected chi connectivity index (χ1v) is 8.05. The third kappa shape index (κ3) is 4.66. The van der Waals surface area contributed by atoms with Crippen LogP contribution in [-0.4, -0.2) is 33.7 Å². The maximum Gasteiger partial charge on any atom is 0.344 e. The zero-order valence-electron chi connectivity index (χ0n) is 12.9. The summed E-state index contributed by atoms with van der Waals surface area (Å²) in [5.41, 5.74) is 0.921. The van der Waals surface area contributed by atoms with Gasteiger partial charge in [0.1, 0.15) is 5.75 Å². The normalized spacial score (nSPS) is 11.8. The number of anilines is 2. The molecule has 0 saturated heterocycles. The van der Waals surface area contributed by atoms with Crippen molar-refractivity contribution in [3.63, 3.8) is 0 Å². The van der Waals surface area contributed by atoms with Crippen molar-refractivity contribution in [1.82, 2.24) is 9.97 Å². The molecule has 1 atom stereocenters. The number of hydrogen-bond donors (Lipinski definition) is 1. The standard InChI is InChI=1S/C16H18BrN3O3/c1-3-8-20(16-18-9-12(17)10-19-16)13-4-6-14(7-5-13)23-11(2)15(21)22/h4-7,9-11H,3,8H2,1-2H3,(H,21,22). The highest BCUT2D eigenvalue weighted by Gasteiger charge is 2.14. The van der Waals surface area contributed by atoms with E-state index in [1.807, 2.05) is 17.0 Å². The van der Waals surface area contributed by atoms with Gasteiger partial charge in [0.25, 0.3) is 0 Å². The van der Waals surface area contributed by atoms with Crippen molar-refractivity contribution < 1.29 is 14.6 Å². The number of hydrogen-bond acceptors (Lipinski definition) is 5. The van der Waals surface area contributed by atoms with Crippen molar-refractivity contribution in [2.45, 2.75) is 26.4 Å². The van der Waals surface area contributed by atoms with Gasteiger partial charge in [0, 0.05) is 24.6 Å². The third-order valence-corrected chi connectivity index (χ3v) is 3.51. The summed E-state index contributed by atoms with van der Waals surface area (Å²) in [7, 11) is 0. The van der Waals surface area contributed by atoms with Crippen LogP contribution in [0.15, 0.2) is 41.1 Å². The molecule has 0 aliphatic carbocycles. The Balaban J connectivity index is 2.19. The molecular weight excluding hydrogens is 362 g/mol. The highest BCUT2D eigenvalue weighted by atomic mass is 79.9. The minimum atomic E-state index is -0.995. The van der Waals surface area contributed by atoms with Gasteiger partial charge in [-0.25, -0.2) is 14.8 Å². The summed E-state index contributed by atoms with van der Waals surface area (Å²) in [6.07, 6.45) is 3.46. The monoisotopic (exact) mass is 379 g/mol. The molecule has 1 aromatic carbocycles. The molecule has 0 spiro atoms. The molecule has 0 aliphatic heterocycles. The van der Waals surface area contributed by atoms with E-state index in [0.29, 0.717) is 11.7 Å². The van der Waals surface area contributed by atoms with E-state index in [1.54, 1.807) is 24.5 Å². The van der Waals surface area contributed by atoms with E-state index < -0.39 is 12.1 Å². The minimum Gasteiger partial charge on any atom is -0.479 e. The Bertz CT molecular complexity index is 647. The van der Waals surface area contributed by atoms with Gasteiger partial charge < -0.3 is 14.7 Å². The smallest absolute Gasteiger partial charge is 0.344 e. The van der Waals surface area contributed by atoms with Crippen LogP contribution in [0.4, 0.5) is 11.6 Å². The Kier molecular flexibility index (Phi) is 5.92. The van der Waals surface area contributed by atoms with E-state index in [1.165, 1.54) is 6.92 Å². The van der Waals surface area contributed by atoms with E-state index in [4.69, 9.17) is 9.84 Å². The van der Waals surface area contributed by atoms with E-state index in [9.17, 15) is 4.79 Å². The number of halogens is 1. The predicted octanol–water partition coefficient (Wildman–Crippen LogP) is 3.64. The van der Waals surface area contributed by atoms with Crippen LogP contribution in [0.25, 0.3) is 0 Å². The Morgan fingerprint density at radius 3 is 2.43 bits per heavy atom. The third-order valence-electron chi connectivity index (χ3n) is 3.10. The first-order chi connectivity index (χ1) is 11.0. The lowest BCUT2D eigenvalue weighted by atomic mass is 10.2. The second-order valence-corrected chi connectivity index (χ2v) is 5.86. The van der Waals surface area contributed by atoms with Crippen LogP contribution in [0, 0.1) is 0 Å². The number of carbonyl (C=O) groups is 1. The van der Waals surface area contributed by atoms with Crippen LogP contribution >= 0.6 is 15.9 Å². The molecule has 1 aromatic heterocycles. The largest absolute Gasteiger partial charge is 0.479 e. The topological polar surface area (TPSA) is 75.5 Å². The lowest BCUT2D eigenvalue weighted by molar-refractivity contribution is -0.144. The van der Waals surface area contributed by atoms with Crippen molar-refractivity contribution in [3.05, 3.63) is 41.1 Å². The summed E-state index contributed by atoms with van der Waals surface area (Å²) in [6, 6.07) is 7.22. The Morgan fingerprint density at radius 1 is 1.30 bits per heavy atom. The summed E-state index contributed by atoms with van der Waals surface area (Å²) < 4.78 is 6.16. The van der Waals surface area contributed by atoms with Gasteiger partial charge >= 0.3 is 5.97 Å². The van der Waals surface area contributed by atoms with Crippen molar-refractivity contribution in [3.8, 4) is 5.75 Å². The molecule has 2 rings (SSSR count). The van der Waals surface area contributed by atoms with Crippen LogP contribution in [-0.2, 0) is 4.79 Å². The fourth-order valence-electron chi connectivity index (χ4n) is 1.97. The summed E-state index contributed by atoms with van der Waals surface area (Å²) in [6.45, 7) is 4.35. The molecule has 0 fully saturated rings. The fraction of sp³-hybridized carbons (Fsp3) is 0.312. The van der Waals surface area contributed by atoms with E-state index in [0.717, 1.165) is 23.1 Å². The Labute approximate surface area is 143 Å². The van der Waals surface area contributed by atoms with Gasteiger partial charge in [0.15, 0.2) is 6.10 Å². The van der Waals surface area contributed by atoms with Crippen LogP contribution < -0.4 is 9.64 Å². The number of carboxylic acids is 1. The number of rotatable bonds is 7. The van der Waals surface area contributed by atoms with Gasteiger partial charge in [-0.2, -0.15) is 0 Å². The first kappa shape index (κ1) is 17.2. The van der Waals surface area contributed by atoms with Crippen LogP contribution in [0.5, 0.6) is 5.75 Å². The van der Waals surface area contributed by atoms with Crippen molar-refractivity contribution >= 4 is 33.5 Å². The van der Waals surface area contributed by atoms with Crippen LogP contribution in [0.1, 0.15) is 20.3 Å². The molecule has 1 heterocycles. The summed E-state index contributed by atoms with van der Waals surface area (Å²) >= 11 is 3.33. The summed E-state index contributed by atoms with van der Waals surface area (Å²) in [5.74, 6) is 0.129. The average Bonchev–Trinajstić information content (AvgIpc) is 2.54. The lowest BCUT2D eigenvalue weighted by Gasteiger charge is -2.22. The van der Waals surface area contributed by atoms with Gasteiger partial charge in [0.05, 0.1) is 4.47 Å². The molecule has 2 aromatic rings. The molecule has 0 radical (unpaired) electrons. The molecule has 7 heteroatoms. The molecule has 23 heavy (non-hydrogen) atoms. The molecule has 122 valence electrons. The molecule has 1 N–H and O–H groups in total. The minimum absolute atomic E-state index is 0.511. The number of aromatic nitrogens is 2. The Morgan fingerprint density at radius 2 is 1.91 bits per heavy atom. The summed E-state index contributed by atoms with van der Waals surface area (Å²) in [4.78, 5) is 21.5. The van der Waals surface area contributed by atoms with E-state index >= 15 is 0 Å². The quantitative estimate of drug-likeness (QED) is 0.791. The fourth-order valence-corrected chi connectivity index (χ4v) is 2.18. The van der Waals surface area contributed by atoms with E-state index in [2.05, 4.69) is 32.8 Å². The molecular formula is C16H18BrN3O3. The Hall–Kier alpha value is -2.15. The second kappa shape index (κ2) is 7.92.